The monoisotopic (exact) mass is 216 g/mol. The van der Waals surface area contributed by atoms with Crippen molar-refractivity contribution in [3.05, 3.63) is 11.3 Å². The van der Waals surface area contributed by atoms with Crippen LogP contribution in [0.4, 0.5) is 0 Å². The first-order chi connectivity index (χ1) is 6.57. The molecule has 0 unspecified atom stereocenters. The highest BCUT2D eigenvalue weighted by molar-refractivity contribution is 6.35. The van der Waals surface area contributed by atoms with Crippen LogP contribution in [0.3, 0.4) is 0 Å². The van der Waals surface area contributed by atoms with E-state index in [-0.39, 0.29) is 12.1 Å². The zero-order valence-electron chi connectivity index (χ0n) is 9.50. The molecule has 3 nitrogen and oxygen atoms in total. The fourth-order valence-electron chi connectivity index (χ4n) is 0.757. The molecule has 0 bridgehead atoms. The molecule has 0 spiro atoms. The molecule has 0 aliphatic heterocycles. The van der Waals surface area contributed by atoms with E-state index in [2.05, 4.69) is 0 Å². The van der Waals surface area contributed by atoms with Crippen LogP contribution < -0.4 is 0 Å². The predicted octanol–water partition coefficient (Wildman–Crippen LogP) is 1.35. The van der Waals surface area contributed by atoms with E-state index in [1.165, 1.54) is 0 Å². The van der Waals surface area contributed by atoms with Crippen molar-refractivity contribution in [2.45, 2.75) is 40.2 Å². The average Bonchev–Trinajstić information content (AvgIpc) is 2.13. The van der Waals surface area contributed by atoms with Crippen molar-refractivity contribution < 1.29 is 14.0 Å². The summed E-state index contributed by atoms with van der Waals surface area (Å²) in [6.07, 6.45) is 1.11. The lowest BCUT2D eigenvalue weighted by Crippen LogP contribution is -2.10. The molecule has 0 N–H and O–H groups in total. The van der Waals surface area contributed by atoms with Crippen LogP contribution in [0.2, 0.25) is 0 Å². The van der Waals surface area contributed by atoms with Gasteiger partial charge in [-0.3, -0.25) is 0 Å². The first kappa shape index (κ1) is 13.4. The molecule has 0 aliphatic carbocycles. The maximum absolute atomic E-state index is 11.3. The third kappa shape index (κ3) is 6.86. The summed E-state index contributed by atoms with van der Waals surface area (Å²) in [4.78, 5) is 11.3. The summed E-state index contributed by atoms with van der Waals surface area (Å²) in [6, 6.07) is 0. The Hall–Kier alpha value is -0.613. The average molecular weight is 216 g/mol. The third-order valence-electron chi connectivity index (χ3n) is 1.58. The summed E-state index contributed by atoms with van der Waals surface area (Å²) in [5.74, 6) is -0.216. The molecule has 0 aromatic heterocycles. The Labute approximate surface area is 88.4 Å². The lowest BCUT2D eigenvalue weighted by molar-refractivity contribution is -0.138. The van der Waals surface area contributed by atoms with Gasteiger partial charge < -0.3 is 9.16 Å². The molecule has 0 atom stereocenters. The molecule has 0 aromatic rings. The molecule has 0 amide bonds. The fraction of sp³-hybridized carbons (Fsp3) is 0.700. The Morgan fingerprint density at radius 1 is 1.50 bits per heavy atom. The van der Waals surface area contributed by atoms with Crippen LogP contribution in [0.25, 0.3) is 0 Å². The number of hydrogen-bond acceptors (Lipinski definition) is 3. The zero-order chi connectivity index (χ0) is 11.0. The maximum atomic E-state index is 11.3. The van der Waals surface area contributed by atoms with Crippen LogP contribution in [0.5, 0.6) is 0 Å². The van der Waals surface area contributed by atoms with E-state index in [1.807, 2.05) is 26.5 Å². The van der Waals surface area contributed by atoms with E-state index in [4.69, 9.17) is 9.16 Å². The van der Waals surface area contributed by atoms with Crippen molar-refractivity contribution in [2.75, 3.05) is 6.61 Å². The number of carbonyl (C=O) groups is 1. The molecule has 82 valence electrons. The smallest absolute Gasteiger partial charge is 0.333 e. The molecule has 0 rings (SSSR count). The summed E-state index contributed by atoms with van der Waals surface area (Å²) < 4.78 is 10.4. The first-order valence-corrected chi connectivity index (χ1v) is 6.42. The SMILES string of the molecule is CCCOC(=O)C(C)=C[SiH2]OC(C)C. The molecule has 0 aromatic carbocycles. The van der Waals surface area contributed by atoms with Gasteiger partial charge in [0.25, 0.3) is 0 Å². The zero-order valence-corrected chi connectivity index (χ0v) is 10.9. The highest BCUT2D eigenvalue weighted by Gasteiger charge is 2.04. The highest BCUT2D eigenvalue weighted by Crippen LogP contribution is 1.97. The number of ether oxygens (including phenoxy) is 1. The molecule has 0 heterocycles. The minimum atomic E-state index is -0.713. The van der Waals surface area contributed by atoms with Crippen molar-refractivity contribution in [1.29, 1.82) is 0 Å². The molecule has 0 saturated heterocycles. The molecular weight excluding hydrogens is 196 g/mol. The Morgan fingerprint density at radius 2 is 2.14 bits per heavy atom. The van der Waals surface area contributed by atoms with Crippen molar-refractivity contribution in [3.8, 4) is 0 Å². The van der Waals surface area contributed by atoms with Crippen LogP contribution in [0, 0.1) is 0 Å². The van der Waals surface area contributed by atoms with Gasteiger partial charge in [-0.25, -0.2) is 4.79 Å². The lowest BCUT2D eigenvalue weighted by atomic mass is 10.4. The molecule has 0 aliphatic rings. The molecule has 14 heavy (non-hydrogen) atoms. The van der Waals surface area contributed by atoms with E-state index < -0.39 is 9.76 Å². The van der Waals surface area contributed by atoms with Gasteiger partial charge in [-0.1, -0.05) is 12.6 Å². The van der Waals surface area contributed by atoms with Crippen LogP contribution >= 0.6 is 0 Å². The van der Waals surface area contributed by atoms with Crippen molar-refractivity contribution in [2.24, 2.45) is 0 Å². The quantitative estimate of drug-likeness (QED) is 0.382. The van der Waals surface area contributed by atoms with Gasteiger partial charge in [0, 0.05) is 11.7 Å². The van der Waals surface area contributed by atoms with Gasteiger partial charge in [-0.15, -0.1) is 0 Å². The van der Waals surface area contributed by atoms with E-state index >= 15 is 0 Å². The van der Waals surface area contributed by atoms with Gasteiger partial charge in [-0.05, 0) is 27.2 Å². The normalized spacial score (nSPS) is 12.8. The van der Waals surface area contributed by atoms with E-state index in [0.717, 1.165) is 6.42 Å². The lowest BCUT2D eigenvalue weighted by Gasteiger charge is -2.05. The Bertz CT molecular complexity index is 200. The largest absolute Gasteiger partial charge is 0.462 e. The van der Waals surface area contributed by atoms with Crippen molar-refractivity contribution in [1.82, 2.24) is 0 Å². The Morgan fingerprint density at radius 3 is 2.64 bits per heavy atom. The standard InChI is InChI=1S/C10H20O3Si/c1-5-6-12-10(11)9(4)7-14-13-8(2)3/h7-8H,5-6,14H2,1-4H3. The maximum Gasteiger partial charge on any atom is 0.333 e. The van der Waals surface area contributed by atoms with Gasteiger partial charge in [-0.2, -0.15) is 0 Å². The minimum absolute atomic E-state index is 0.216. The van der Waals surface area contributed by atoms with Crippen LogP contribution in [-0.2, 0) is 14.0 Å². The molecule has 0 saturated carbocycles. The first-order valence-electron chi connectivity index (χ1n) is 5.03. The summed E-state index contributed by atoms with van der Waals surface area (Å²) in [5.41, 5.74) is 2.56. The summed E-state index contributed by atoms with van der Waals surface area (Å²) in [7, 11) is -0.713. The third-order valence-corrected chi connectivity index (χ3v) is 3.22. The van der Waals surface area contributed by atoms with Crippen LogP contribution in [0.1, 0.15) is 34.1 Å². The minimum Gasteiger partial charge on any atom is -0.462 e. The van der Waals surface area contributed by atoms with Gasteiger partial charge in [0.15, 0.2) is 9.76 Å². The Balaban J connectivity index is 3.79. The number of esters is 1. The second-order valence-electron chi connectivity index (χ2n) is 3.41. The molecule has 0 radical (unpaired) electrons. The van der Waals surface area contributed by atoms with Gasteiger partial charge in [0.1, 0.15) is 0 Å². The predicted molar refractivity (Wildman–Crippen MR) is 59.8 cm³/mol. The second kappa shape index (κ2) is 7.76. The number of rotatable bonds is 6. The summed E-state index contributed by atoms with van der Waals surface area (Å²) in [6.45, 7) is 8.23. The fourth-order valence-corrected chi connectivity index (χ4v) is 1.66. The van der Waals surface area contributed by atoms with E-state index in [9.17, 15) is 4.79 Å². The molecule has 0 fully saturated rings. The topological polar surface area (TPSA) is 35.5 Å². The van der Waals surface area contributed by atoms with Crippen LogP contribution in [0.15, 0.2) is 11.3 Å². The van der Waals surface area contributed by atoms with E-state index in [0.29, 0.717) is 12.2 Å². The summed E-state index contributed by atoms with van der Waals surface area (Å²) in [5, 5.41) is 0. The number of carbonyl (C=O) groups excluding carboxylic acids is 1. The van der Waals surface area contributed by atoms with Gasteiger partial charge in [0.2, 0.25) is 0 Å². The van der Waals surface area contributed by atoms with Gasteiger partial charge >= 0.3 is 5.97 Å². The van der Waals surface area contributed by atoms with Crippen molar-refractivity contribution >= 4 is 15.7 Å². The van der Waals surface area contributed by atoms with Gasteiger partial charge in [0.05, 0.1) is 6.61 Å². The van der Waals surface area contributed by atoms with Crippen LogP contribution in [-0.4, -0.2) is 28.4 Å². The summed E-state index contributed by atoms with van der Waals surface area (Å²) >= 11 is 0. The second-order valence-corrected chi connectivity index (χ2v) is 4.48. The van der Waals surface area contributed by atoms with Crippen molar-refractivity contribution in [3.63, 3.8) is 0 Å². The van der Waals surface area contributed by atoms with E-state index in [1.54, 1.807) is 6.92 Å². The molecule has 4 heteroatoms. The number of hydrogen-bond donors (Lipinski definition) is 0. The molecular formula is C10H20O3Si. The highest BCUT2D eigenvalue weighted by atomic mass is 28.2. The Kier molecular flexibility index (Phi) is 7.42.